The highest BCUT2D eigenvalue weighted by Crippen LogP contribution is 2.51. The fourth-order valence-corrected chi connectivity index (χ4v) is 7.75. The van der Waals surface area contributed by atoms with Crippen LogP contribution in [0.2, 0.25) is 0 Å². The number of hydrogen-bond donors (Lipinski definition) is 0. The van der Waals surface area contributed by atoms with E-state index in [4.69, 9.17) is 0 Å². The highest BCUT2D eigenvalue weighted by molar-refractivity contribution is 6.12. The van der Waals surface area contributed by atoms with Crippen molar-refractivity contribution in [3.05, 3.63) is 200 Å². The average molecular weight is 648 g/mol. The molecule has 1 aliphatic rings. The van der Waals surface area contributed by atoms with Gasteiger partial charge in [-0.25, -0.2) is 0 Å². The van der Waals surface area contributed by atoms with Gasteiger partial charge in [0.15, 0.2) is 0 Å². The predicted octanol–water partition coefficient (Wildman–Crippen LogP) is 14.1. The summed E-state index contributed by atoms with van der Waals surface area (Å²) in [6.45, 7) is 0. The van der Waals surface area contributed by atoms with Gasteiger partial charge in [-0.3, -0.25) is 0 Å². The molecule has 0 radical (unpaired) electrons. The Labute approximate surface area is 298 Å². The molecule has 1 heteroatoms. The van der Waals surface area contributed by atoms with Crippen molar-refractivity contribution in [3.8, 4) is 55.6 Å². The van der Waals surface area contributed by atoms with E-state index in [2.05, 4.69) is 205 Å². The van der Waals surface area contributed by atoms with E-state index in [1.165, 1.54) is 77.2 Å². The van der Waals surface area contributed by atoms with Gasteiger partial charge >= 0.3 is 0 Å². The van der Waals surface area contributed by atoms with Gasteiger partial charge in [-0.2, -0.15) is 0 Å². The summed E-state index contributed by atoms with van der Waals surface area (Å²) in [4.78, 5) is 2.42. The number of rotatable bonds is 6. The molecule has 0 heterocycles. The average Bonchev–Trinajstić information content (AvgIpc) is 3.21. The Bertz CT molecular complexity index is 2710. The van der Waals surface area contributed by atoms with Crippen LogP contribution in [0.15, 0.2) is 200 Å². The topological polar surface area (TPSA) is 3.24 Å². The molecule has 9 aromatic rings. The lowest BCUT2D eigenvalue weighted by Crippen LogP contribution is -2.11. The summed E-state index contributed by atoms with van der Waals surface area (Å²) in [6.07, 6.45) is 0. The molecule has 1 nitrogen and oxygen atoms in total. The zero-order valence-corrected chi connectivity index (χ0v) is 28.0. The van der Waals surface area contributed by atoms with Crippen molar-refractivity contribution in [2.75, 3.05) is 4.90 Å². The Morgan fingerprint density at radius 1 is 0.235 bits per heavy atom. The summed E-state index contributed by atoms with van der Waals surface area (Å²) >= 11 is 0. The van der Waals surface area contributed by atoms with Gasteiger partial charge in [0.05, 0.1) is 5.69 Å². The van der Waals surface area contributed by atoms with Gasteiger partial charge < -0.3 is 4.90 Å². The lowest BCUT2D eigenvalue weighted by atomic mass is 9.77. The van der Waals surface area contributed by atoms with Crippen molar-refractivity contribution in [2.45, 2.75) is 0 Å². The van der Waals surface area contributed by atoms with Crippen molar-refractivity contribution in [2.24, 2.45) is 0 Å². The lowest BCUT2D eigenvalue weighted by molar-refractivity contribution is 1.29. The standard InChI is InChI=1S/C50H33N/c1-5-13-34(14-6-1)37-21-22-38-29-46-48(31-41(38)27-37)47-30-39-23-25-44(28-42(39)32-49(46)47)51(43-19-11-4-12-20-43)50-33-40(35-15-7-2-8-16-35)24-26-45(50)36-17-9-3-10-18-36/h1-33H. The van der Waals surface area contributed by atoms with Crippen LogP contribution in [-0.2, 0) is 0 Å². The molecule has 0 atom stereocenters. The van der Waals surface area contributed by atoms with E-state index in [0.29, 0.717) is 0 Å². The molecule has 51 heavy (non-hydrogen) atoms. The Morgan fingerprint density at radius 3 is 1.27 bits per heavy atom. The highest BCUT2D eigenvalue weighted by Gasteiger charge is 2.25. The van der Waals surface area contributed by atoms with E-state index >= 15 is 0 Å². The predicted molar refractivity (Wildman–Crippen MR) is 217 cm³/mol. The van der Waals surface area contributed by atoms with Crippen LogP contribution in [0.5, 0.6) is 0 Å². The summed E-state index contributed by atoms with van der Waals surface area (Å²) in [5.41, 5.74) is 16.0. The van der Waals surface area contributed by atoms with Gasteiger partial charge in [0.1, 0.15) is 0 Å². The second-order valence-corrected chi connectivity index (χ2v) is 13.4. The Balaban J connectivity index is 1.11. The van der Waals surface area contributed by atoms with Crippen LogP contribution < -0.4 is 4.90 Å². The van der Waals surface area contributed by atoms with Crippen molar-refractivity contribution < 1.29 is 0 Å². The number of para-hydroxylation sites is 1. The molecule has 238 valence electrons. The van der Waals surface area contributed by atoms with Crippen LogP contribution in [-0.4, -0.2) is 0 Å². The molecule has 0 amide bonds. The first-order valence-corrected chi connectivity index (χ1v) is 17.6. The minimum Gasteiger partial charge on any atom is -0.310 e. The minimum absolute atomic E-state index is 1.12. The van der Waals surface area contributed by atoms with Gasteiger partial charge in [0, 0.05) is 16.9 Å². The van der Waals surface area contributed by atoms with Crippen LogP contribution in [0.4, 0.5) is 17.1 Å². The number of nitrogens with zero attached hydrogens (tertiary/aromatic N) is 1. The van der Waals surface area contributed by atoms with Crippen LogP contribution >= 0.6 is 0 Å². The first-order valence-electron chi connectivity index (χ1n) is 17.6. The second-order valence-electron chi connectivity index (χ2n) is 13.4. The van der Waals surface area contributed by atoms with Gasteiger partial charge in [-0.15, -0.1) is 0 Å². The molecule has 0 unspecified atom stereocenters. The molecule has 0 saturated heterocycles. The number of fused-ring (bicyclic) bond motifs is 6. The third-order valence-corrected chi connectivity index (χ3v) is 10.3. The van der Waals surface area contributed by atoms with Gasteiger partial charge in [-0.1, -0.05) is 140 Å². The summed E-state index contributed by atoms with van der Waals surface area (Å²) in [5.74, 6) is 0. The van der Waals surface area contributed by atoms with Gasteiger partial charge in [0.25, 0.3) is 0 Å². The summed E-state index contributed by atoms with van der Waals surface area (Å²) in [7, 11) is 0. The fourth-order valence-electron chi connectivity index (χ4n) is 7.75. The molecule has 0 N–H and O–H groups in total. The molecular formula is C50H33N. The van der Waals surface area contributed by atoms with E-state index in [-0.39, 0.29) is 0 Å². The summed E-state index contributed by atoms with van der Waals surface area (Å²) in [5, 5.41) is 5.03. The third kappa shape index (κ3) is 5.10. The van der Waals surface area contributed by atoms with Crippen LogP contribution in [0, 0.1) is 0 Å². The van der Waals surface area contributed by atoms with E-state index in [1.54, 1.807) is 0 Å². The van der Waals surface area contributed by atoms with Crippen molar-refractivity contribution in [1.29, 1.82) is 0 Å². The van der Waals surface area contributed by atoms with Gasteiger partial charge in [0.2, 0.25) is 0 Å². The van der Waals surface area contributed by atoms with E-state index in [9.17, 15) is 0 Å². The molecule has 9 aromatic carbocycles. The Morgan fingerprint density at radius 2 is 0.686 bits per heavy atom. The molecule has 0 fully saturated rings. The molecule has 0 aromatic heterocycles. The molecule has 10 rings (SSSR count). The van der Waals surface area contributed by atoms with E-state index in [1.807, 2.05) is 0 Å². The maximum absolute atomic E-state index is 2.42. The number of benzene rings is 9. The lowest BCUT2D eigenvalue weighted by Gasteiger charge is -2.29. The third-order valence-electron chi connectivity index (χ3n) is 10.3. The van der Waals surface area contributed by atoms with Crippen molar-refractivity contribution in [1.82, 2.24) is 0 Å². The largest absolute Gasteiger partial charge is 0.310 e. The maximum atomic E-state index is 2.42. The molecule has 1 aliphatic carbocycles. The zero-order chi connectivity index (χ0) is 33.7. The zero-order valence-electron chi connectivity index (χ0n) is 28.0. The summed E-state index contributed by atoms with van der Waals surface area (Å²) in [6, 6.07) is 72.9. The Kier molecular flexibility index (Phi) is 6.89. The summed E-state index contributed by atoms with van der Waals surface area (Å²) < 4.78 is 0. The quantitative estimate of drug-likeness (QED) is 0.174. The first kappa shape index (κ1) is 29.2. The molecular weight excluding hydrogens is 615 g/mol. The maximum Gasteiger partial charge on any atom is 0.0546 e. The number of anilines is 3. The first-order chi connectivity index (χ1) is 25.3. The minimum atomic E-state index is 1.12. The van der Waals surface area contributed by atoms with Crippen LogP contribution in [0.1, 0.15) is 0 Å². The normalized spacial score (nSPS) is 11.5. The van der Waals surface area contributed by atoms with Crippen LogP contribution in [0.25, 0.3) is 77.2 Å². The molecule has 0 saturated carbocycles. The number of hydrogen-bond acceptors (Lipinski definition) is 1. The highest BCUT2D eigenvalue weighted by atomic mass is 15.1. The van der Waals surface area contributed by atoms with E-state index < -0.39 is 0 Å². The second kappa shape index (κ2) is 12.0. The van der Waals surface area contributed by atoms with E-state index in [0.717, 1.165) is 17.1 Å². The molecule has 0 aliphatic heterocycles. The smallest absolute Gasteiger partial charge is 0.0546 e. The monoisotopic (exact) mass is 647 g/mol. The molecule has 0 bridgehead atoms. The van der Waals surface area contributed by atoms with Crippen LogP contribution in [0.3, 0.4) is 0 Å². The van der Waals surface area contributed by atoms with Gasteiger partial charge in [-0.05, 0) is 132 Å². The van der Waals surface area contributed by atoms with Crippen molar-refractivity contribution in [3.63, 3.8) is 0 Å². The fraction of sp³-hybridized carbons (Fsp3) is 0. The van der Waals surface area contributed by atoms with Crippen molar-refractivity contribution >= 4 is 38.6 Å². The SMILES string of the molecule is c1ccc(-c2ccc(-c3ccccc3)c(N(c3ccccc3)c3ccc4cc5c(cc4c3)-c3cc4ccc(-c6ccccc6)cc4cc3-5)c2)cc1. The molecule has 0 spiro atoms. The Hall–Kier alpha value is -6.70.